The number of pyridine rings is 1. The molecule has 4 nitrogen and oxygen atoms in total. The highest BCUT2D eigenvalue weighted by Crippen LogP contribution is 2.30. The van der Waals surface area contributed by atoms with E-state index < -0.39 is 0 Å². The lowest BCUT2D eigenvalue weighted by Crippen LogP contribution is -2.35. The van der Waals surface area contributed by atoms with Crippen molar-refractivity contribution in [1.82, 2.24) is 4.98 Å². The maximum atomic E-state index is 7.50. The number of nitrogens with one attached hydrogen (secondary N) is 1. The maximum Gasteiger partial charge on any atom is 0.129 e. The fourth-order valence-corrected chi connectivity index (χ4v) is 2.91. The molecule has 0 aromatic carbocycles. The van der Waals surface area contributed by atoms with E-state index in [1.165, 1.54) is 32.1 Å². The van der Waals surface area contributed by atoms with Gasteiger partial charge in [-0.25, -0.2) is 4.98 Å². The van der Waals surface area contributed by atoms with Crippen LogP contribution in [0.2, 0.25) is 0 Å². The summed E-state index contributed by atoms with van der Waals surface area (Å²) in [6.07, 6.45) is 8.15. The molecule has 0 amide bonds. The first-order chi connectivity index (χ1) is 9.11. The molecule has 1 aliphatic carbocycles. The number of aromatic nitrogens is 1. The molecule has 19 heavy (non-hydrogen) atoms. The van der Waals surface area contributed by atoms with Crippen LogP contribution < -0.4 is 10.6 Å². The Morgan fingerprint density at radius 2 is 2.11 bits per heavy atom. The van der Waals surface area contributed by atoms with Crippen LogP contribution in [-0.2, 0) is 0 Å². The highest BCUT2D eigenvalue weighted by atomic mass is 15.2. The lowest BCUT2D eigenvalue weighted by atomic mass is 9.84. The Morgan fingerprint density at radius 3 is 2.68 bits per heavy atom. The Labute approximate surface area is 115 Å². The standard InChI is InChI=1S/C15H24N4/c1-3-11-4-6-13(7-5-11)19(2)14-10-12(15(16)17)8-9-18-14/h8-11,13H,3-7H2,1-2H3,(H3,16,17). The number of hydrogen-bond donors (Lipinski definition) is 2. The van der Waals surface area contributed by atoms with Gasteiger partial charge in [0.05, 0.1) is 0 Å². The van der Waals surface area contributed by atoms with Crippen molar-refractivity contribution in [1.29, 1.82) is 5.41 Å². The SMILES string of the molecule is CCC1CCC(N(C)c2cc(C(=N)N)ccn2)CC1. The molecule has 1 aromatic rings. The van der Waals surface area contributed by atoms with E-state index in [1.807, 2.05) is 6.07 Å². The number of anilines is 1. The van der Waals surface area contributed by atoms with Gasteiger partial charge in [0.15, 0.2) is 0 Å². The summed E-state index contributed by atoms with van der Waals surface area (Å²) in [4.78, 5) is 6.66. The lowest BCUT2D eigenvalue weighted by molar-refractivity contribution is 0.313. The first-order valence-corrected chi connectivity index (χ1v) is 7.15. The zero-order valence-electron chi connectivity index (χ0n) is 11.9. The Morgan fingerprint density at radius 1 is 1.42 bits per heavy atom. The minimum Gasteiger partial charge on any atom is -0.384 e. The minimum absolute atomic E-state index is 0.103. The average Bonchev–Trinajstić information content (AvgIpc) is 2.46. The van der Waals surface area contributed by atoms with E-state index in [-0.39, 0.29) is 5.84 Å². The fourth-order valence-electron chi connectivity index (χ4n) is 2.91. The van der Waals surface area contributed by atoms with Crippen molar-refractivity contribution in [3.05, 3.63) is 23.9 Å². The van der Waals surface area contributed by atoms with E-state index in [4.69, 9.17) is 11.1 Å². The second-order valence-electron chi connectivity index (χ2n) is 5.51. The Bertz CT molecular complexity index is 436. The molecule has 0 aliphatic heterocycles. The molecule has 3 N–H and O–H groups in total. The van der Waals surface area contributed by atoms with Crippen molar-refractivity contribution >= 4 is 11.7 Å². The second-order valence-corrected chi connectivity index (χ2v) is 5.51. The Hall–Kier alpha value is -1.58. The third-order valence-electron chi connectivity index (χ3n) is 4.36. The van der Waals surface area contributed by atoms with Crippen LogP contribution >= 0.6 is 0 Å². The number of hydrogen-bond acceptors (Lipinski definition) is 3. The zero-order chi connectivity index (χ0) is 13.8. The van der Waals surface area contributed by atoms with Crippen molar-refractivity contribution in [2.75, 3.05) is 11.9 Å². The van der Waals surface area contributed by atoms with Crippen LogP contribution in [0.1, 0.15) is 44.6 Å². The number of nitrogen functional groups attached to an aromatic ring is 1. The molecular weight excluding hydrogens is 236 g/mol. The van der Waals surface area contributed by atoms with E-state index in [9.17, 15) is 0 Å². The molecule has 2 rings (SSSR count). The van der Waals surface area contributed by atoms with E-state index in [0.29, 0.717) is 6.04 Å². The van der Waals surface area contributed by atoms with Gasteiger partial charge in [-0.1, -0.05) is 13.3 Å². The van der Waals surface area contributed by atoms with E-state index in [2.05, 4.69) is 23.9 Å². The van der Waals surface area contributed by atoms with Crippen LogP contribution in [-0.4, -0.2) is 23.9 Å². The molecule has 0 saturated heterocycles. The largest absolute Gasteiger partial charge is 0.384 e. The van der Waals surface area contributed by atoms with Gasteiger partial charge >= 0.3 is 0 Å². The fraction of sp³-hybridized carbons (Fsp3) is 0.600. The average molecular weight is 260 g/mol. The second kappa shape index (κ2) is 6.04. The molecule has 0 atom stereocenters. The summed E-state index contributed by atoms with van der Waals surface area (Å²) in [7, 11) is 2.10. The van der Waals surface area contributed by atoms with Gasteiger partial charge in [0.1, 0.15) is 11.7 Å². The number of nitrogens with two attached hydrogens (primary N) is 1. The van der Waals surface area contributed by atoms with E-state index in [1.54, 1.807) is 12.3 Å². The molecule has 0 spiro atoms. The summed E-state index contributed by atoms with van der Waals surface area (Å²) in [6, 6.07) is 4.26. The molecule has 4 heteroatoms. The summed E-state index contributed by atoms with van der Waals surface area (Å²) in [6.45, 7) is 2.28. The van der Waals surface area contributed by atoms with Crippen LogP contribution in [0.5, 0.6) is 0 Å². The normalized spacial score (nSPS) is 23.1. The highest BCUT2D eigenvalue weighted by Gasteiger charge is 2.23. The minimum atomic E-state index is 0.103. The summed E-state index contributed by atoms with van der Waals surface area (Å²) in [5.74, 6) is 1.93. The van der Waals surface area contributed by atoms with Gasteiger partial charge in [-0.2, -0.15) is 0 Å². The molecule has 0 radical (unpaired) electrons. The quantitative estimate of drug-likeness (QED) is 0.646. The number of amidine groups is 1. The number of nitrogens with zero attached hydrogens (tertiary/aromatic N) is 2. The van der Waals surface area contributed by atoms with Crippen LogP contribution in [0.4, 0.5) is 5.82 Å². The Balaban J connectivity index is 2.05. The third kappa shape index (κ3) is 3.25. The first-order valence-electron chi connectivity index (χ1n) is 7.15. The van der Waals surface area contributed by atoms with Crippen molar-refractivity contribution < 1.29 is 0 Å². The summed E-state index contributed by atoms with van der Waals surface area (Å²) < 4.78 is 0. The predicted molar refractivity (Wildman–Crippen MR) is 79.7 cm³/mol. The summed E-state index contributed by atoms with van der Waals surface area (Å²) >= 11 is 0. The summed E-state index contributed by atoms with van der Waals surface area (Å²) in [5, 5.41) is 7.50. The van der Waals surface area contributed by atoms with Gasteiger partial charge < -0.3 is 10.6 Å². The van der Waals surface area contributed by atoms with Crippen molar-refractivity contribution in [3.8, 4) is 0 Å². The van der Waals surface area contributed by atoms with Crippen LogP contribution in [0.15, 0.2) is 18.3 Å². The smallest absolute Gasteiger partial charge is 0.129 e. The topological polar surface area (TPSA) is 66.0 Å². The highest BCUT2D eigenvalue weighted by molar-refractivity contribution is 5.95. The molecule has 104 valence electrons. The van der Waals surface area contributed by atoms with Crippen LogP contribution in [0, 0.1) is 11.3 Å². The van der Waals surface area contributed by atoms with Gasteiger partial charge in [-0.15, -0.1) is 0 Å². The van der Waals surface area contributed by atoms with Gasteiger partial charge in [0.25, 0.3) is 0 Å². The molecule has 1 saturated carbocycles. The molecule has 1 fully saturated rings. The third-order valence-corrected chi connectivity index (χ3v) is 4.36. The monoisotopic (exact) mass is 260 g/mol. The number of rotatable bonds is 4. The van der Waals surface area contributed by atoms with Crippen molar-refractivity contribution in [2.45, 2.75) is 45.1 Å². The molecule has 1 aromatic heterocycles. The predicted octanol–water partition coefficient (Wildman–Crippen LogP) is 2.77. The van der Waals surface area contributed by atoms with Gasteiger partial charge in [0, 0.05) is 24.8 Å². The molecule has 1 aliphatic rings. The molecular formula is C15H24N4. The van der Waals surface area contributed by atoms with Crippen molar-refractivity contribution in [2.24, 2.45) is 11.7 Å². The van der Waals surface area contributed by atoms with Crippen molar-refractivity contribution in [3.63, 3.8) is 0 Å². The molecule has 0 unspecified atom stereocenters. The lowest BCUT2D eigenvalue weighted by Gasteiger charge is -2.35. The van der Waals surface area contributed by atoms with E-state index >= 15 is 0 Å². The first kappa shape index (κ1) is 13.8. The molecule has 0 bridgehead atoms. The van der Waals surface area contributed by atoms with Gasteiger partial charge in [-0.3, -0.25) is 5.41 Å². The van der Waals surface area contributed by atoms with Crippen LogP contribution in [0.3, 0.4) is 0 Å². The van der Waals surface area contributed by atoms with Gasteiger partial charge in [-0.05, 0) is 43.7 Å². The Kier molecular flexibility index (Phi) is 4.40. The zero-order valence-corrected chi connectivity index (χ0v) is 11.9. The summed E-state index contributed by atoms with van der Waals surface area (Å²) in [5.41, 5.74) is 6.28. The van der Waals surface area contributed by atoms with E-state index in [0.717, 1.165) is 17.3 Å². The van der Waals surface area contributed by atoms with Gasteiger partial charge in [0.2, 0.25) is 0 Å². The molecule has 1 heterocycles. The maximum absolute atomic E-state index is 7.50. The van der Waals surface area contributed by atoms with Crippen LogP contribution in [0.25, 0.3) is 0 Å².